The SMILES string of the molecule is CC(C)(C)c1ccc(N2c3cc4c(cc3B3c5cc(-c6ccccc6)ccc5N(c5ccc(-c6ccccc6)cc5)c5cc(N(c6ccccc6)c6ccccc6)cc2c53)C(C)(C)CCC4(C)C)c(-c2ccc3c(c2)C(C)(C)CCC3(C)C)c1. The Bertz CT molecular complexity index is 4130. The molecule has 84 heavy (non-hydrogen) atoms. The predicted octanol–water partition coefficient (Wildman–Crippen LogP) is 20.2. The summed E-state index contributed by atoms with van der Waals surface area (Å²) in [5.41, 5.74) is 28.9. The fraction of sp³-hybridized carbons (Fsp3) is 0.250. The average molecular weight is 1090 g/mol. The molecule has 0 saturated heterocycles. The molecule has 0 aromatic heterocycles. The Kier molecular flexibility index (Phi) is 12.5. The summed E-state index contributed by atoms with van der Waals surface area (Å²) in [6.07, 6.45) is 4.58. The predicted molar refractivity (Wildman–Crippen MR) is 361 cm³/mol. The fourth-order valence-electron chi connectivity index (χ4n) is 14.7. The van der Waals surface area contributed by atoms with Gasteiger partial charge in [-0.3, -0.25) is 0 Å². The Labute approximate surface area is 500 Å². The van der Waals surface area contributed by atoms with Gasteiger partial charge in [0.1, 0.15) is 0 Å². The monoisotopic (exact) mass is 1090 g/mol. The molecular weight excluding hydrogens is 1010 g/mol. The van der Waals surface area contributed by atoms with E-state index in [0.717, 1.165) is 42.0 Å². The second kappa shape index (κ2) is 19.6. The van der Waals surface area contributed by atoms with Gasteiger partial charge in [-0.25, -0.2) is 0 Å². The Morgan fingerprint density at radius 3 is 1.37 bits per heavy atom. The summed E-state index contributed by atoms with van der Waals surface area (Å²) < 4.78 is 0. The average Bonchev–Trinajstić information content (AvgIpc) is 1.14. The van der Waals surface area contributed by atoms with Crippen molar-refractivity contribution in [2.24, 2.45) is 0 Å². The Balaban J connectivity index is 1.14. The number of rotatable bonds is 8. The lowest BCUT2D eigenvalue weighted by Gasteiger charge is -2.48. The van der Waals surface area contributed by atoms with Crippen molar-refractivity contribution in [3.8, 4) is 33.4 Å². The molecule has 10 aromatic carbocycles. The first kappa shape index (κ1) is 53.7. The number of benzene rings is 10. The van der Waals surface area contributed by atoms with Crippen LogP contribution in [0.4, 0.5) is 51.2 Å². The molecule has 0 N–H and O–H groups in total. The minimum Gasteiger partial charge on any atom is -0.311 e. The zero-order valence-corrected chi connectivity index (χ0v) is 51.1. The van der Waals surface area contributed by atoms with Gasteiger partial charge in [-0.1, -0.05) is 228 Å². The number of hydrogen-bond donors (Lipinski definition) is 0. The smallest absolute Gasteiger partial charge is 0.252 e. The molecule has 2 aliphatic heterocycles. The van der Waals surface area contributed by atoms with E-state index in [4.69, 9.17) is 0 Å². The van der Waals surface area contributed by atoms with E-state index in [0.29, 0.717) is 0 Å². The highest BCUT2D eigenvalue weighted by Crippen LogP contribution is 2.55. The maximum atomic E-state index is 2.74. The van der Waals surface area contributed by atoms with Gasteiger partial charge in [0.15, 0.2) is 0 Å². The first-order chi connectivity index (χ1) is 40.3. The Morgan fingerprint density at radius 1 is 0.345 bits per heavy atom. The van der Waals surface area contributed by atoms with Crippen molar-refractivity contribution < 1.29 is 0 Å². The number of hydrogen-bond acceptors (Lipinski definition) is 3. The highest BCUT2D eigenvalue weighted by Gasteiger charge is 2.48. The Morgan fingerprint density at radius 2 is 0.798 bits per heavy atom. The van der Waals surface area contributed by atoms with E-state index >= 15 is 0 Å². The molecule has 0 amide bonds. The third-order valence-corrected chi connectivity index (χ3v) is 19.9. The van der Waals surface area contributed by atoms with Crippen molar-refractivity contribution in [2.45, 2.75) is 129 Å². The van der Waals surface area contributed by atoms with Crippen LogP contribution in [0.5, 0.6) is 0 Å². The molecular formula is C80H78BN3. The Hall–Kier alpha value is -8.34. The molecule has 416 valence electrons. The standard InChI is InChI=1S/C80H78BN3/c1-76(2,3)58-36-41-70(63(48-58)57-34-39-64-65(46-57)78(6,7)43-42-77(64,4)5)84-72-52-67-66(79(8,9)44-45-80(67,10)11)51-69(72)81-68-47-56(54-26-18-13-19-27-54)35-40-71(68)83(61-37-32-55(33-38-61)53-24-16-12-17-25-53)73-49-62(50-74(84)75(73)81)82(59-28-20-14-21-29-59)60-30-22-15-23-31-60/h12-41,46-52H,42-45H2,1-11H3. The molecule has 0 fully saturated rings. The van der Waals surface area contributed by atoms with Crippen LogP contribution in [-0.4, -0.2) is 6.71 Å². The van der Waals surface area contributed by atoms with Gasteiger partial charge in [0.2, 0.25) is 0 Å². The van der Waals surface area contributed by atoms with Crippen molar-refractivity contribution in [1.29, 1.82) is 0 Å². The van der Waals surface area contributed by atoms with E-state index in [1.54, 1.807) is 0 Å². The summed E-state index contributed by atoms with van der Waals surface area (Å²) in [7, 11) is 0. The maximum Gasteiger partial charge on any atom is 0.252 e. The van der Waals surface area contributed by atoms with E-state index < -0.39 is 0 Å². The van der Waals surface area contributed by atoms with Gasteiger partial charge in [-0.15, -0.1) is 0 Å². The second-order valence-electron chi connectivity index (χ2n) is 28.3. The summed E-state index contributed by atoms with van der Waals surface area (Å²) in [5, 5.41) is 0. The molecule has 0 unspecified atom stereocenters. The first-order valence-electron chi connectivity index (χ1n) is 30.8. The molecule has 2 heterocycles. The molecule has 14 rings (SSSR count). The van der Waals surface area contributed by atoms with E-state index in [1.807, 2.05) is 0 Å². The summed E-state index contributed by atoms with van der Waals surface area (Å²) in [4.78, 5) is 7.80. The highest BCUT2D eigenvalue weighted by molar-refractivity contribution is 7.00. The molecule has 0 saturated carbocycles. The van der Waals surface area contributed by atoms with Gasteiger partial charge in [-0.05, 0) is 198 Å². The number of anilines is 9. The van der Waals surface area contributed by atoms with Crippen molar-refractivity contribution in [2.75, 3.05) is 14.7 Å². The van der Waals surface area contributed by atoms with Crippen LogP contribution in [0.25, 0.3) is 33.4 Å². The van der Waals surface area contributed by atoms with Crippen molar-refractivity contribution in [1.82, 2.24) is 0 Å². The summed E-state index contributed by atoms with van der Waals surface area (Å²) in [5.74, 6) is 0. The molecule has 10 aromatic rings. The van der Waals surface area contributed by atoms with E-state index in [1.165, 1.54) is 112 Å². The number of nitrogens with zero attached hydrogens (tertiary/aromatic N) is 3. The molecule has 4 heteroatoms. The molecule has 0 atom stereocenters. The lowest BCUT2D eigenvalue weighted by molar-refractivity contribution is 0.332. The van der Waals surface area contributed by atoms with Crippen LogP contribution < -0.4 is 31.1 Å². The van der Waals surface area contributed by atoms with Crippen LogP contribution in [0, 0.1) is 0 Å². The second-order valence-corrected chi connectivity index (χ2v) is 28.3. The van der Waals surface area contributed by atoms with Crippen LogP contribution in [0.15, 0.2) is 224 Å². The fourth-order valence-corrected chi connectivity index (χ4v) is 14.7. The molecule has 4 aliphatic rings. The maximum absolute atomic E-state index is 2.74. The zero-order valence-electron chi connectivity index (χ0n) is 51.1. The molecule has 0 bridgehead atoms. The van der Waals surface area contributed by atoms with E-state index in [-0.39, 0.29) is 33.8 Å². The highest BCUT2D eigenvalue weighted by atomic mass is 15.2. The third-order valence-electron chi connectivity index (χ3n) is 19.9. The zero-order chi connectivity index (χ0) is 58.1. The van der Waals surface area contributed by atoms with Gasteiger partial charge in [0, 0.05) is 45.4 Å². The summed E-state index contributed by atoms with van der Waals surface area (Å²) in [6.45, 7) is 26.8. The molecule has 2 aliphatic carbocycles. The van der Waals surface area contributed by atoms with Crippen LogP contribution in [0.2, 0.25) is 0 Å². The van der Waals surface area contributed by atoms with Gasteiger partial charge < -0.3 is 14.7 Å². The van der Waals surface area contributed by atoms with Crippen LogP contribution in [-0.2, 0) is 27.1 Å². The van der Waals surface area contributed by atoms with Crippen molar-refractivity contribution >= 4 is 74.3 Å². The third kappa shape index (κ3) is 8.93. The minimum absolute atomic E-state index is 0.0251. The quantitative estimate of drug-likeness (QED) is 0.140. The summed E-state index contributed by atoms with van der Waals surface area (Å²) in [6, 6.07) is 85.8. The topological polar surface area (TPSA) is 9.72 Å². The van der Waals surface area contributed by atoms with Crippen LogP contribution in [0.1, 0.15) is 130 Å². The van der Waals surface area contributed by atoms with E-state index in [9.17, 15) is 0 Å². The summed E-state index contributed by atoms with van der Waals surface area (Å²) >= 11 is 0. The van der Waals surface area contributed by atoms with Gasteiger partial charge in [-0.2, -0.15) is 0 Å². The molecule has 0 radical (unpaired) electrons. The van der Waals surface area contributed by atoms with Crippen LogP contribution >= 0.6 is 0 Å². The van der Waals surface area contributed by atoms with Crippen molar-refractivity contribution in [3.05, 3.63) is 252 Å². The molecule has 3 nitrogen and oxygen atoms in total. The van der Waals surface area contributed by atoms with Crippen LogP contribution in [0.3, 0.4) is 0 Å². The van der Waals surface area contributed by atoms with E-state index in [2.05, 4.69) is 315 Å². The lowest BCUT2D eigenvalue weighted by Crippen LogP contribution is -2.62. The van der Waals surface area contributed by atoms with Gasteiger partial charge in [0.05, 0.1) is 11.4 Å². The van der Waals surface area contributed by atoms with Gasteiger partial charge in [0.25, 0.3) is 6.71 Å². The molecule has 0 spiro atoms. The number of fused-ring (bicyclic) bond motifs is 6. The van der Waals surface area contributed by atoms with Gasteiger partial charge >= 0.3 is 0 Å². The normalized spacial score (nSPS) is 16.6. The van der Waals surface area contributed by atoms with Crippen molar-refractivity contribution in [3.63, 3.8) is 0 Å². The largest absolute Gasteiger partial charge is 0.311 e. The minimum atomic E-state index is -0.106. The lowest BCUT2D eigenvalue weighted by atomic mass is 9.33. The first-order valence-corrected chi connectivity index (χ1v) is 30.8. The number of para-hydroxylation sites is 2.